The van der Waals surface area contributed by atoms with Crippen LogP contribution in [0.1, 0.15) is 28.4 Å². The second kappa shape index (κ2) is 11.0. The van der Waals surface area contributed by atoms with E-state index in [0.29, 0.717) is 17.3 Å². The van der Waals surface area contributed by atoms with Crippen molar-refractivity contribution in [1.29, 1.82) is 0 Å². The lowest BCUT2D eigenvalue weighted by Gasteiger charge is -2.34. The summed E-state index contributed by atoms with van der Waals surface area (Å²) in [6.07, 6.45) is 3.68. The molecule has 0 aliphatic rings. The summed E-state index contributed by atoms with van der Waals surface area (Å²) in [5.74, 6) is -0.806. The first-order valence-corrected chi connectivity index (χ1v) is 12.5. The van der Waals surface area contributed by atoms with Gasteiger partial charge in [-0.1, -0.05) is 84.9 Å². The molecule has 0 fully saturated rings. The van der Waals surface area contributed by atoms with Crippen LogP contribution in [0.15, 0.2) is 132 Å². The van der Waals surface area contributed by atoms with Crippen LogP contribution in [-0.4, -0.2) is 15.5 Å². The molecule has 0 bridgehead atoms. The SMILES string of the molecule is Cn1c(=O)c(C(=O)/C=C/C[C@@H](c2ccccc2)N(c2ccccc2)c2ccccc2)c(O)c2ccccc21. The number of carbonyl (C=O) groups excluding carboxylic acids is 1. The van der Waals surface area contributed by atoms with E-state index in [0.717, 1.165) is 16.9 Å². The van der Waals surface area contributed by atoms with Crippen LogP contribution in [0.25, 0.3) is 10.9 Å². The fourth-order valence-corrected chi connectivity index (χ4v) is 4.84. The van der Waals surface area contributed by atoms with Gasteiger partial charge in [0.2, 0.25) is 0 Å². The smallest absolute Gasteiger partial charge is 0.265 e. The molecule has 0 aliphatic heterocycles. The number of aromatic nitrogens is 1. The average molecular weight is 501 g/mol. The molecule has 1 heterocycles. The molecule has 0 aliphatic carbocycles. The van der Waals surface area contributed by atoms with Gasteiger partial charge in [-0.15, -0.1) is 0 Å². The molecule has 0 radical (unpaired) electrons. The van der Waals surface area contributed by atoms with Gasteiger partial charge in [-0.25, -0.2) is 0 Å². The van der Waals surface area contributed by atoms with Gasteiger partial charge in [0.15, 0.2) is 5.78 Å². The Balaban J connectivity index is 1.53. The Morgan fingerprint density at radius 1 is 0.816 bits per heavy atom. The number of benzene rings is 4. The Labute approximate surface area is 221 Å². The van der Waals surface area contributed by atoms with Crippen molar-refractivity contribution in [2.24, 2.45) is 7.05 Å². The van der Waals surface area contributed by atoms with Gasteiger partial charge in [0.05, 0.1) is 11.6 Å². The van der Waals surface area contributed by atoms with Gasteiger partial charge in [0.1, 0.15) is 11.3 Å². The number of hydrogen-bond acceptors (Lipinski definition) is 4. The lowest BCUT2D eigenvalue weighted by atomic mass is 9.99. The van der Waals surface area contributed by atoms with Gasteiger partial charge in [-0.05, 0) is 54.5 Å². The maximum atomic E-state index is 13.2. The van der Waals surface area contributed by atoms with Crippen molar-refractivity contribution in [3.05, 3.63) is 149 Å². The van der Waals surface area contributed by atoms with Crippen molar-refractivity contribution < 1.29 is 9.90 Å². The summed E-state index contributed by atoms with van der Waals surface area (Å²) in [7, 11) is 1.60. The second-order valence-electron chi connectivity index (χ2n) is 9.07. The molecule has 0 spiro atoms. The van der Waals surface area contributed by atoms with Crippen LogP contribution in [0.5, 0.6) is 5.75 Å². The molecular formula is C33H28N2O3. The van der Waals surface area contributed by atoms with Crippen LogP contribution in [0.4, 0.5) is 11.4 Å². The Bertz CT molecular complexity index is 1600. The number of ketones is 1. The minimum atomic E-state index is -0.523. The van der Waals surface area contributed by atoms with E-state index >= 15 is 0 Å². The quantitative estimate of drug-likeness (QED) is 0.185. The largest absolute Gasteiger partial charge is 0.506 e. The van der Waals surface area contributed by atoms with E-state index in [4.69, 9.17) is 0 Å². The number of fused-ring (bicyclic) bond motifs is 1. The first-order valence-electron chi connectivity index (χ1n) is 12.5. The normalized spacial score (nSPS) is 12.0. The summed E-state index contributed by atoms with van der Waals surface area (Å²) >= 11 is 0. The summed E-state index contributed by atoms with van der Waals surface area (Å²) < 4.78 is 1.40. The molecule has 0 saturated heterocycles. The molecule has 188 valence electrons. The molecule has 4 aromatic carbocycles. The predicted molar refractivity (Wildman–Crippen MR) is 153 cm³/mol. The standard InChI is InChI=1S/C33H28N2O3/c1-34-29-21-12-11-20-27(29)32(37)31(33(34)38)30(36)23-13-22-28(24-14-5-2-6-15-24)35(25-16-7-3-8-17-25)26-18-9-4-10-19-26/h2-21,23,28,37H,22H2,1H3/b23-13+/t28-/m0/s1. The Morgan fingerprint density at radius 2 is 1.34 bits per heavy atom. The van der Waals surface area contributed by atoms with Crippen LogP contribution in [-0.2, 0) is 7.05 Å². The van der Waals surface area contributed by atoms with Gasteiger partial charge in [0.25, 0.3) is 5.56 Å². The third-order valence-corrected chi connectivity index (χ3v) is 6.72. The van der Waals surface area contributed by atoms with E-state index in [1.54, 1.807) is 37.4 Å². The highest BCUT2D eigenvalue weighted by atomic mass is 16.3. The molecule has 0 unspecified atom stereocenters. The number of aryl methyl sites for hydroxylation is 1. The Kier molecular flexibility index (Phi) is 7.18. The lowest BCUT2D eigenvalue weighted by Crippen LogP contribution is -2.24. The van der Waals surface area contributed by atoms with Crippen molar-refractivity contribution in [2.45, 2.75) is 12.5 Å². The molecule has 1 atom stereocenters. The van der Waals surface area contributed by atoms with E-state index in [1.807, 2.05) is 54.6 Å². The average Bonchev–Trinajstić information content (AvgIpc) is 2.97. The minimum Gasteiger partial charge on any atom is -0.506 e. The number of rotatable bonds is 8. The number of allylic oxidation sites excluding steroid dienone is 1. The molecule has 1 aromatic heterocycles. The summed E-state index contributed by atoms with van der Waals surface area (Å²) in [4.78, 5) is 28.5. The van der Waals surface area contributed by atoms with E-state index in [9.17, 15) is 14.7 Å². The molecule has 0 amide bonds. The number of para-hydroxylation sites is 3. The predicted octanol–water partition coefficient (Wildman–Crippen LogP) is 6.95. The fraction of sp³-hybridized carbons (Fsp3) is 0.0909. The highest BCUT2D eigenvalue weighted by Gasteiger charge is 2.23. The second-order valence-corrected chi connectivity index (χ2v) is 9.07. The van der Waals surface area contributed by atoms with Crippen LogP contribution < -0.4 is 10.5 Å². The Morgan fingerprint density at radius 3 is 1.95 bits per heavy atom. The maximum absolute atomic E-state index is 13.2. The van der Waals surface area contributed by atoms with Crippen LogP contribution in [0.2, 0.25) is 0 Å². The molecule has 38 heavy (non-hydrogen) atoms. The summed E-state index contributed by atoms with van der Waals surface area (Å²) in [6, 6.07) is 37.3. The van der Waals surface area contributed by atoms with Gasteiger partial charge in [-0.2, -0.15) is 0 Å². The first-order chi connectivity index (χ1) is 18.6. The van der Waals surface area contributed by atoms with Crippen LogP contribution in [0.3, 0.4) is 0 Å². The number of anilines is 2. The van der Waals surface area contributed by atoms with Crippen molar-refractivity contribution in [1.82, 2.24) is 4.57 Å². The topological polar surface area (TPSA) is 62.5 Å². The van der Waals surface area contributed by atoms with Crippen molar-refractivity contribution in [3.63, 3.8) is 0 Å². The van der Waals surface area contributed by atoms with Crippen molar-refractivity contribution >= 4 is 28.1 Å². The van der Waals surface area contributed by atoms with E-state index in [2.05, 4.69) is 41.3 Å². The zero-order chi connectivity index (χ0) is 26.5. The number of hydrogen-bond donors (Lipinski definition) is 1. The van der Waals surface area contributed by atoms with Gasteiger partial charge in [-0.3, -0.25) is 9.59 Å². The first kappa shape index (κ1) is 24.8. The molecule has 5 heteroatoms. The zero-order valence-electron chi connectivity index (χ0n) is 21.1. The number of pyridine rings is 1. The third kappa shape index (κ3) is 4.87. The third-order valence-electron chi connectivity index (χ3n) is 6.72. The lowest BCUT2D eigenvalue weighted by molar-refractivity contribution is 0.104. The number of nitrogens with zero attached hydrogens (tertiary/aromatic N) is 2. The summed E-state index contributed by atoms with van der Waals surface area (Å²) in [5.41, 5.74) is 2.96. The van der Waals surface area contributed by atoms with E-state index in [1.165, 1.54) is 10.6 Å². The van der Waals surface area contributed by atoms with E-state index in [-0.39, 0.29) is 17.4 Å². The number of carbonyl (C=O) groups is 1. The summed E-state index contributed by atoms with van der Waals surface area (Å²) in [6.45, 7) is 0. The highest BCUT2D eigenvalue weighted by molar-refractivity contribution is 6.09. The summed E-state index contributed by atoms with van der Waals surface area (Å²) in [5, 5.41) is 11.3. The van der Waals surface area contributed by atoms with Crippen molar-refractivity contribution in [2.75, 3.05) is 4.90 Å². The molecule has 0 saturated carbocycles. The molecule has 5 rings (SSSR count). The van der Waals surface area contributed by atoms with Gasteiger partial charge < -0.3 is 14.6 Å². The highest BCUT2D eigenvalue weighted by Crippen LogP contribution is 2.37. The fourth-order valence-electron chi connectivity index (χ4n) is 4.84. The molecule has 1 N–H and O–H groups in total. The Hall–Kier alpha value is -4.90. The van der Waals surface area contributed by atoms with Crippen LogP contribution >= 0.6 is 0 Å². The minimum absolute atomic E-state index is 0.127. The van der Waals surface area contributed by atoms with Gasteiger partial charge in [0, 0.05) is 23.8 Å². The van der Waals surface area contributed by atoms with Crippen LogP contribution in [0, 0.1) is 0 Å². The molecular weight excluding hydrogens is 472 g/mol. The van der Waals surface area contributed by atoms with Crippen molar-refractivity contribution in [3.8, 4) is 5.75 Å². The van der Waals surface area contributed by atoms with E-state index < -0.39 is 11.3 Å². The molecule has 5 aromatic rings. The van der Waals surface area contributed by atoms with Gasteiger partial charge >= 0.3 is 0 Å². The maximum Gasteiger partial charge on any atom is 0.265 e. The monoisotopic (exact) mass is 500 g/mol. The number of aromatic hydroxyl groups is 1. The molecule has 5 nitrogen and oxygen atoms in total. The zero-order valence-corrected chi connectivity index (χ0v) is 21.1.